The largest absolute Gasteiger partial charge is 0.466 e. The molecule has 1 aromatic carbocycles. The number of anilines is 1. The van der Waals surface area contributed by atoms with Crippen LogP contribution in [0.1, 0.15) is 25.5 Å². The minimum Gasteiger partial charge on any atom is -0.466 e. The van der Waals surface area contributed by atoms with E-state index in [1.54, 1.807) is 12.3 Å². The van der Waals surface area contributed by atoms with Crippen LogP contribution in [0.15, 0.2) is 36.2 Å². The highest BCUT2D eigenvalue weighted by Gasteiger charge is 2.21. The smallest absolute Gasteiger partial charge is 0.354 e. The maximum absolute atomic E-state index is 12.0. The van der Waals surface area contributed by atoms with Crippen molar-refractivity contribution in [2.24, 2.45) is 0 Å². The summed E-state index contributed by atoms with van der Waals surface area (Å²) in [6.07, 6.45) is 5.62. The molecule has 1 aliphatic rings. The molecule has 0 saturated carbocycles. The summed E-state index contributed by atoms with van der Waals surface area (Å²) in [4.78, 5) is 23.6. The fourth-order valence-corrected chi connectivity index (χ4v) is 2.92. The molecule has 1 aromatic heterocycles. The quantitative estimate of drug-likeness (QED) is 0.647. The lowest BCUT2D eigenvalue weighted by Gasteiger charge is -2.24. The normalized spacial score (nSPS) is 17.8. The van der Waals surface area contributed by atoms with Crippen molar-refractivity contribution in [2.75, 3.05) is 26.1 Å². The van der Waals surface area contributed by atoms with Crippen molar-refractivity contribution in [2.45, 2.75) is 25.5 Å². The fourth-order valence-electron chi connectivity index (χ4n) is 2.92. The van der Waals surface area contributed by atoms with Crippen LogP contribution in [0.2, 0.25) is 0 Å². The molecule has 3 rings (SSSR count). The lowest BCUT2D eigenvalue weighted by Crippen LogP contribution is -2.20. The Balaban J connectivity index is 2.00. The monoisotopic (exact) mass is 359 g/mol. The van der Waals surface area contributed by atoms with Gasteiger partial charge in [0.25, 0.3) is 0 Å². The van der Waals surface area contributed by atoms with Crippen molar-refractivity contribution in [3.8, 4) is 0 Å². The zero-order valence-electron chi connectivity index (χ0n) is 14.7. The van der Waals surface area contributed by atoms with Crippen LogP contribution in [0.4, 0.5) is 5.69 Å². The number of hydrogen-bond acceptors (Lipinski definition) is 7. The van der Waals surface area contributed by atoms with Gasteiger partial charge in [-0.25, -0.2) is 14.3 Å². The van der Waals surface area contributed by atoms with E-state index in [2.05, 4.69) is 15.2 Å². The first-order valence-corrected chi connectivity index (χ1v) is 8.37. The Morgan fingerprint density at radius 3 is 2.85 bits per heavy atom. The van der Waals surface area contributed by atoms with Crippen molar-refractivity contribution in [1.29, 1.82) is 0 Å². The zero-order valence-corrected chi connectivity index (χ0v) is 14.7. The Hall–Kier alpha value is -2.87. The molecule has 0 aliphatic carbocycles. The van der Waals surface area contributed by atoms with Gasteiger partial charge < -0.3 is 19.5 Å². The Morgan fingerprint density at radius 2 is 2.15 bits per heavy atom. The van der Waals surface area contributed by atoms with Crippen LogP contribution < -0.4 is 5.32 Å². The third kappa shape index (κ3) is 3.70. The molecule has 1 aliphatic heterocycles. The molecule has 0 bridgehead atoms. The minimum atomic E-state index is -0.674. The SMILES string of the molecule is COC(=O)/C=C(/Nc1cccc2cnn(C3CCCCO3)c12)C(=O)OC. The van der Waals surface area contributed by atoms with Gasteiger partial charge in [0.2, 0.25) is 0 Å². The summed E-state index contributed by atoms with van der Waals surface area (Å²) in [5.74, 6) is -1.33. The van der Waals surface area contributed by atoms with Crippen LogP contribution >= 0.6 is 0 Å². The molecule has 1 unspecified atom stereocenters. The van der Waals surface area contributed by atoms with Gasteiger partial charge >= 0.3 is 11.9 Å². The second kappa shape index (κ2) is 8.01. The summed E-state index contributed by atoms with van der Waals surface area (Å²) in [6, 6.07) is 5.57. The maximum Gasteiger partial charge on any atom is 0.354 e. The summed E-state index contributed by atoms with van der Waals surface area (Å²) in [5, 5.41) is 8.32. The summed E-state index contributed by atoms with van der Waals surface area (Å²) < 4.78 is 17.0. The molecule has 0 radical (unpaired) electrons. The van der Waals surface area contributed by atoms with Crippen LogP contribution in [0.3, 0.4) is 0 Å². The summed E-state index contributed by atoms with van der Waals surface area (Å²) in [5.41, 5.74) is 1.39. The second-order valence-corrected chi connectivity index (χ2v) is 5.85. The summed E-state index contributed by atoms with van der Waals surface area (Å²) in [6.45, 7) is 0.692. The Morgan fingerprint density at radius 1 is 1.31 bits per heavy atom. The number of carbonyl (C=O) groups is 2. The molecule has 138 valence electrons. The number of methoxy groups -OCH3 is 2. The standard InChI is InChI=1S/C18H21N3O5/c1-24-16(22)10-14(18(23)25-2)20-13-7-5-6-12-11-19-21(17(12)13)15-8-3-4-9-26-15/h5-7,10-11,15,20H,3-4,8-9H2,1-2H3/b14-10+. The number of carbonyl (C=O) groups excluding carboxylic acids is 2. The van der Waals surface area contributed by atoms with E-state index in [0.717, 1.165) is 36.2 Å². The average molecular weight is 359 g/mol. The van der Waals surface area contributed by atoms with E-state index >= 15 is 0 Å². The van der Waals surface area contributed by atoms with Gasteiger partial charge in [-0.2, -0.15) is 5.10 Å². The molecular formula is C18H21N3O5. The van der Waals surface area contributed by atoms with Crippen molar-refractivity contribution < 1.29 is 23.8 Å². The van der Waals surface area contributed by atoms with Crippen molar-refractivity contribution in [3.63, 3.8) is 0 Å². The van der Waals surface area contributed by atoms with E-state index in [-0.39, 0.29) is 11.9 Å². The van der Waals surface area contributed by atoms with Gasteiger partial charge in [0.05, 0.1) is 37.7 Å². The molecule has 1 atom stereocenters. The topological polar surface area (TPSA) is 91.7 Å². The molecule has 1 saturated heterocycles. The first-order valence-electron chi connectivity index (χ1n) is 8.37. The van der Waals surface area contributed by atoms with Crippen LogP contribution in [0, 0.1) is 0 Å². The summed E-state index contributed by atoms with van der Waals surface area (Å²) >= 11 is 0. The number of aromatic nitrogens is 2. The number of esters is 2. The van der Waals surface area contributed by atoms with E-state index in [0.29, 0.717) is 12.3 Å². The van der Waals surface area contributed by atoms with Gasteiger partial charge in [-0.3, -0.25) is 0 Å². The molecule has 1 N–H and O–H groups in total. The van der Waals surface area contributed by atoms with E-state index in [9.17, 15) is 9.59 Å². The predicted molar refractivity (Wildman–Crippen MR) is 94.3 cm³/mol. The number of benzene rings is 1. The Labute approximate surface area is 150 Å². The summed E-state index contributed by atoms with van der Waals surface area (Å²) in [7, 11) is 2.49. The van der Waals surface area contributed by atoms with Gasteiger partial charge in [0, 0.05) is 12.0 Å². The van der Waals surface area contributed by atoms with Crippen molar-refractivity contribution in [1.82, 2.24) is 9.78 Å². The number of fused-ring (bicyclic) bond motifs is 1. The minimum absolute atomic E-state index is 0.0239. The highest BCUT2D eigenvalue weighted by Crippen LogP contribution is 2.31. The molecule has 0 spiro atoms. The maximum atomic E-state index is 12.0. The van der Waals surface area contributed by atoms with Gasteiger partial charge in [-0.05, 0) is 25.3 Å². The average Bonchev–Trinajstić information content (AvgIpc) is 3.12. The molecule has 2 aromatic rings. The predicted octanol–water partition coefficient (Wildman–Crippen LogP) is 2.38. The molecule has 26 heavy (non-hydrogen) atoms. The molecule has 2 heterocycles. The van der Waals surface area contributed by atoms with Crippen molar-refractivity contribution >= 4 is 28.5 Å². The lowest BCUT2D eigenvalue weighted by atomic mass is 10.1. The van der Waals surface area contributed by atoms with Crippen LogP contribution in [0.25, 0.3) is 10.9 Å². The fraction of sp³-hybridized carbons (Fsp3) is 0.389. The first kappa shape index (κ1) is 17.9. The molecule has 1 fully saturated rings. The number of hydrogen-bond donors (Lipinski definition) is 1. The second-order valence-electron chi connectivity index (χ2n) is 5.85. The molecule has 0 amide bonds. The zero-order chi connectivity index (χ0) is 18.5. The highest BCUT2D eigenvalue weighted by atomic mass is 16.5. The van der Waals surface area contributed by atoms with Crippen LogP contribution in [-0.2, 0) is 23.8 Å². The number of nitrogens with zero attached hydrogens (tertiary/aromatic N) is 2. The Bertz CT molecular complexity index is 836. The van der Waals surface area contributed by atoms with E-state index < -0.39 is 11.9 Å². The van der Waals surface area contributed by atoms with E-state index in [4.69, 9.17) is 9.47 Å². The van der Waals surface area contributed by atoms with Gasteiger partial charge in [-0.1, -0.05) is 12.1 Å². The molecule has 8 heteroatoms. The third-order valence-electron chi connectivity index (χ3n) is 4.18. The first-order chi connectivity index (χ1) is 12.6. The third-order valence-corrected chi connectivity index (χ3v) is 4.18. The van der Waals surface area contributed by atoms with Crippen LogP contribution in [-0.4, -0.2) is 42.5 Å². The van der Waals surface area contributed by atoms with Gasteiger partial charge in [0.15, 0.2) is 6.23 Å². The number of para-hydroxylation sites is 1. The lowest BCUT2D eigenvalue weighted by molar-refractivity contribution is -0.138. The van der Waals surface area contributed by atoms with Crippen LogP contribution in [0.5, 0.6) is 0 Å². The van der Waals surface area contributed by atoms with Gasteiger partial charge in [-0.15, -0.1) is 0 Å². The highest BCUT2D eigenvalue weighted by molar-refractivity contribution is 6.01. The van der Waals surface area contributed by atoms with E-state index in [1.807, 2.05) is 16.8 Å². The van der Waals surface area contributed by atoms with Gasteiger partial charge in [0.1, 0.15) is 5.70 Å². The van der Waals surface area contributed by atoms with E-state index in [1.165, 1.54) is 14.2 Å². The number of ether oxygens (including phenoxy) is 3. The molecule has 8 nitrogen and oxygen atoms in total. The Kier molecular flexibility index (Phi) is 5.52. The van der Waals surface area contributed by atoms with Crippen molar-refractivity contribution in [3.05, 3.63) is 36.2 Å². The number of nitrogens with one attached hydrogen (secondary N) is 1. The number of rotatable bonds is 5. The molecular weight excluding hydrogens is 338 g/mol.